The average molecular weight is 266 g/mol. The summed E-state index contributed by atoms with van der Waals surface area (Å²) < 4.78 is 31.0. The first-order valence-corrected chi connectivity index (χ1v) is 7.71. The van der Waals surface area contributed by atoms with Crippen molar-refractivity contribution in [1.29, 1.82) is 0 Å². The molecule has 0 atom stereocenters. The van der Waals surface area contributed by atoms with Gasteiger partial charge in [-0.2, -0.15) is 4.31 Å². The molecule has 17 heavy (non-hydrogen) atoms. The van der Waals surface area contributed by atoms with E-state index in [0.717, 1.165) is 6.42 Å². The van der Waals surface area contributed by atoms with Gasteiger partial charge in [0, 0.05) is 25.2 Å². The molecule has 0 unspecified atom stereocenters. The SMILES string of the molecule is CCCN(C(C)(C)CN)S(=O)(=O)CCOCC. The lowest BCUT2D eigenvalue weighted by Crippen LogP contribution is -2.53. The molecule has 0 amide bonds. The number of nitrogens with zero attached hydrogens (tertiary/aromatic N) is 1. The van der Waals surface area contributed by atoms with Crippen LogP contribution in [0.1, 0.15) is 34.1 Å². The van der Waals surface area contributed by atoms with Crippen molar-refractivity contribution in [2.45, 2.75) is 39.7 Å². The van der Waals surface area contributed by atoms with Crippen LogP contribution < -0.4 is 5.73 Å². The van der Waals surface area contributed by atoms with E-state index in [9.17, 15) is 8.42 Å². The Morgan fingerprint density at radius 1 is 1.29 bits per heavy atom. The summed E-state index contributed by atoms with van der Waals surface area (Å²) >= 11 is 0. The number of nitrogens with two attached hydrogens (primary N) is 1. The highest BCUT2D eigenvalue weighted by Gasteiger charge is 2.34. The van der Waals surface area contributed by atoms with Crippen LogP contribution in [0.5, 0.6) is 0 Å². The van der Waals surface area contributed by atoms with E-state index in [0.29, 0.717) is 19.7 Å². The van der Waals surface area contributed by atoms with Crippen LogP contribution in [-0.2, 0) is 14.8 Å². The molecule has 0 aliphatic heterocycles. The lowest BCUT2D eigenvalue weighted by Gasteiger charge is -2.36. The van der Waals surface area contributed by atoms with E-state index in [-0.39, 0.29) is 12.4 Å². The van der Waals surface area contributed by atoms with Crippen molar-refractivity contribution >= 4 is 10.0 Å². The van der Waals surface area contributed by atoms with E-state index in [1.54, 1.807) is 0 Å². The number of ether oxygens (including phenoxy) is 1. The van der Waals surface area contributed by atoms with Gasteiger partial charge in [0.15, 0.2) is 0 Å². The molecule has 2 N–H and O–H groups in total. The molecular weight excluding hydrogens is 240 g/mol. The molecule has 0 fully saturated rings. The molecule has 0 saturated carbocycles. The number of sulfonamides is 1. The molecular formula is C11H26N2O3S. The van der Waals surface area contributed by atoms with E-state index in [2.05, 4.69) is 0 Å². The molecule has 0 aromatic carbocycles. The van der Waals surface area contributed by atoms with Crippen molar-refractivity contribution in [3.05, 3.63) is 0 Å². The summed E-state index contributed by atoms with van der Waals surface area (Å²) in [5.41, 5.74) is 5.11. The van der Waals surface area contributed by atoms with Gasteiger partial charge in [0.1, 0.15) is 0 Å². The predicted octanol–water partition coefficient (Wildman–Crippen LogP) is 0.802. The maximum absolute atomic E-state index is 12.2. The Morgan fingerprint density at radius 3 is 2.29 bits per heavy atom. The highest BCUT2D eigenvalue weighted by molar-refractivity contribution is 7.89. The van der Waals surface area contributed by atoms with Crippen LogP contribution in [0.25, 0.3) is 0 Å². The zero-order valence-corrected chi connectivity index (χ0v) is 12.2. The zero-order chi connectivity index (χ0) is 13.5. The van der Waals surface area contributed by atoms with Gasteiger partial charge >= 0.3 is 0 Å². The number of rotatable bonds is 9. The number of hydrogen-bond donors (Lipinski definition) is 1. The summed E-state index contributed by atoms with van der Waals surface area (Å²) in [6, 6.07) is 0. The van der Waals surface area contributed by atoms with Crippen molar-refractivity contribution in [1.82, 2.24) is 4.31 Å². The van der Waals surface area contributed by atoms with Crippen LogP contribution in [-0.4, -0.2) is 50.3 Å². The van der Waals surface area contributed by atoms with Crippen LogP contribution >= 0.6 is 0 Å². The summed E-state index contributed by atoms with van der Waals surface area (Å²) in [4.78, 5) is 0. The maximum atomic E-state index is 12.2. The standard InChI is InChI=1S/C11H26N2O3S/c1-5-7-13(11(3,4)10-12)17(14,15)9-8-16-6-2/h5-10,12H2,1-4H3. The Bertz CT molecular complexity index is 302. The lowest BCUT2D eigenvalue weighted by atomic mass is 10.1. The average Bonchev–Trinajstić information content (AvgIpc) is 2.25. The fraction of sp³-hybridized carbons (Fsp3) is 1.00. The highest BCUT2D eigenvalue weighted by Crippen LogP contribution is 2.18. The minimum absolute atomic E-state index is 0.0181. The smallest absolute Gasteiger partial charge is 0.216 e. The van der Waals surface area contributed by atoms with E-state index in [1.807, 2.05) is 27.7 Å². The van der Waals surface area contributed by atoms with Gasteiger partial charge < -0.3 is 10.5 Å². The molecule has 5 nitrogen and oxygen atoms in total. The van der Waals surface area contributed by atoms with Gasteiger partial charge in [0.25, 0.3) is 0 Å². The molecule has 0 aliphatic carbocycles. The Kier molecular flexibility index (Phi) is 7.23. The Hall–Kier alpha value is -0.170. The predicted molar refractivity (Wildman–Crippen MR) is 70.4 cm³/mol. The first kappa shape index (κ1) is 16.8. The fourth-order valence-corrected chi connectivity index (χ4v) is 3.38. The van der Waals surface area contributed by atoms with Crippen LogP contribution in [0.2, 0.25) is 0 Å². The molecule has 0 radical (unpaired) electrons. The summed E-state index contributed by atoms with van der Waals surface area (Å²) in [7, 11) is -3.30. The van der Waals surface area contributed by atoms with Crippen LogP contribution in [0, 0.1) is 0 Å². The summed E-state index contributed by atoms with van der Waals surface area (Å²) in [5, 5.41) is 0. The molecule has 0 aromatic heterocycles. The van der Waals surface area contributed by atoms with E-state index < -0.39 is 15.6 Å². The van der Waals surface area contributed by atoms with Crippen LogP contribution in [0.4, 0.5) is 0 Å². The molecule has 0 bridgehead atoms. The molecule has 0 rings (SSSR count). The second-order valence-electron chi connectivity index (χ2n) is 4.60. The van der Waals surface area contributed by atoms with E-state index >= 15 is 0 Å². The van der Waals surface area contributed by atoms with Gasteiger partial charge in [-0.3, -0.25) is 0 Å². The summed E-state index contributed by atoms with van der Waals surface area (Å²) in [6.07, 6.45) is 0.775. The Morgan fingerprint density at radius 2 is 1.88 bits per heavy atom. The molecule has 104 valence electrons. The first-order valence-electron chi connectivity index (χ1n) is 6.10. The normalized spacial score (nSPS) is 13.3. The summed E-state index contributed by atoms with van der Waals surface area (Å²) in [6.45, 7) is 9.07. The van der Waals surface area contributed by atoms with Gasteiger partial charge in [0.05, 0.1) is 12.4 Å². The molecule has 0 aromatic rings. The van der Waals surface area contributed by atoms with Crippen molar-refractivity contribution in [2.24, 2.45) is 5.73 Å². The quantitative estimate of drug-likeness (QED) is 0.627. The second-order valence-corrected chi connectivity index (χ2v) is 6.61. The summed E-state index contributed by atoms with van der Waals surface area (Å²) in [5.74, 6) is 0.0181. The molecule has 0 spiro atoms. The van der Waals surface area contributed by atoms with Crippen molar-refractivity contribution < 1.29 is 13.2 Å². The van der Waals surface area contributed by atoms with E-state index in [1.165, 1.54) is 4.31 Å². The monoisotopic (exact) mass is 266 g/mol. The number of hydrogen-bond acceptors (Lipinski definition) is 4. The minimum atomic E-state index is -3.30. The third-order valence-corrected chi connectivity index (χ3v) is 4.66. The van der Waals surface area contributed by atoms with Crippen LogP contribution in [0.3, 0.4) is 0 Å². The van der Waals surface area contributed by atoms with Crippen molar-refractivity contribution in [3.8, 4) is 0 Å². The highest BCUT2D eigenvalue weighted by atomic mass is 32.2. The van der Waals surface area contributed by atoms with Crippen LogP contribution in [0.15, 0.2) is 0 Å². The molecule has 6 heteroatoms. The second kappa shape index (κ2) is 7.31. The molecule has 0 heterocycles. The van der Waals surface area contributed by atoms with Crippen molar-refractivity contribution in [3.63, 3.8) is 0 Å². The third kappa shape index (κ3) is 5.33. The van der Waals surface area contributed by atoms with Gasteiger partial charge in [-0.1, -0.05) is 6.92 Å². The van der Waals surface area contributed by atoms with Crippen molar-refractivity contribution in [2.75, 3.05) is 32.1 Å². The van der Waals surface area contributed by atoms with Gasteiger partial charge in [-0.15, -0.1) is 0 Å². The van der Waals surface area contributed by atoms with Gasteiger partial charge in [-0.25, -0.2) is 8.42 Å². The Labute approximate surface area is 105 Å². The fourth-order valence-electron chi connectivity index (χ4n) is 1.54. The third-order valence-electron chi connectivity index (χ3n) is 2.63. The largest absolute Gasteiger partial charge is 0.381 e. The molecule has 0 saturated heterocycles. The van der Waals surface area contributed by atoms with E-state index in [4.69, 9.17) is 10.5 Å². The topological polar surface area (TPSA) is 72.6 Å². The lowest BCUT2D eigenvalue weighted by molar-refractivity contribution is 0.160. The minimum Gasteiger partial charge on any atom is -0.381 e. The van der Waals surface area contributed by atoms with Gasteiger partial charge in [-0.05, 0) is 27.2 Å². The maximum Gasteiger partial charge on any atom is 0.216 e. The van der Waals surface area contributed by atoms with Gasteiger partial charge in [0.2, 0.25) is 10.0 Å². The Balaban J connectivity index is 4.79. The molecule has 0 aliphatic rings. The zero-order valence-electron chi connectivity index (χ0n) is 11.4. The first-order chi connectivity index (χ1) is 7.81.